The van der Waals surface area contributed by atoms with Crippen LogP contribution in [0.4, 0.5) is 0 Å². The lowest BCUT2D eigenvalue weighted by Crippen LogP contribution is -2.39. The van der Waals surface area contributed by atoms with E-state index < -0.39 is 10.0 Å². The zero-order valence-electron chi connectivity index (χ0n) is 14.2. The maximum absolute atomic E-state index is 11.2. The van der Waals surface area contributed by atoms with Crippen molar-refractivity contribution in [3.05, 3.63) is 48.3 Å². The van der Waals surface area contributed by atoms with Crippen LogP contribution >= 0.6 is 0 Å². The molecule has 1 aromatic carbocycles. The van der Waals surface area contributed by atoms with Gasteiger partial charge in [0.2, 0.25) is 10.0 Å². The molecule has 8 nitrogen and oxygen atoms in total. The standard InChI is InChI=1S/C16H24N6O2S/c1-18-16(19-9-2-12-22-13-3-10-21-22)20-11-8-14-4-6-15(7-5-14)25(17,23)24/h3-7,10,13H,2,8-9,11-12H2,1H3,(H2,17,23,24)(H2,18,19,20). The van der Waals surface area contributed by atoms with E-state index in [9.17, 15) is 8.42 Å². The fourth-order valence-corrected chi connectivity index (χ4v) is 2.79. The van der Waals surface area contributed by atoms with Gasteiger partial charge in [-0.05, 0) is 36.6 Å². The van der Waals surface area contributed by atoms with Crippen LogP contribution in [0.3, 0.4) is 0 Å². The second-order valence-corrected chi connectivity index (χ2v) is 7.05. The molecule has 0 atom stereocenters. The molecule has 0 saturated carbocycles. The number of hydrogen-bond donors (Lipinski definition) is 3. The molecule has 0 unspecified atom stereocenters. The van der Waals surface area contributed by atoms with Gasteiger partial charge in [-0.25, -0.2) is 13.6 Å². The van der Waals surface area contributed by atoms with Crippen molar-refractivity contribution < 1.29 is 8.42 Å². The summed E-state index contributed by atoms with van der Waals surface area (Å²) in [6.07, 6.45) is 5.40. The Morgan fingerprint density at radius 1 is 1.24 bits per heavy atom. The first-order valence-electron chi connectivity index (χ1n) is 8.03. The molecular formula is C16H24N6O2S. The number of aryl methyl sites for hydroxylation is 1. The van der Waals surface area contributed by atoms with Crippen molar-refractivity contribution in [3.63, 3.8) is 0 Å². The summed E-state index contributed by atoms with van der Waals surface area (Å²) in [6, 6.07) is 8.48. The zero-order valence-corrected chi connectivity index (χ0v) is 15.0. The summed E-state index contributed by atoms with van der Waals surface area (Å²) in [4.78, 5) is 4.30. The van der Waals surface area contributed by atoms with Crippen LogP contribution in [0.5, 0.6) is 0 Å². The number of guanidine groups is 1. The van der Waals surface area contributed by atoms with Crippen molar-refractivity contribution in [1.29, 1.82) is 0 Å². The van der Waals surface area contributed by atoms with Crippen LogP contribution in [0.15, 0.2) is 52.6 Å². The number of aliphatic imine (C=N–C) groups is 1. The summed E-state index contributed by atoms with van der Waals surface area (Å²) in [5, 5.41) is 15.7. The number of sulfonamides is 1. The van der Waals surface area contributed by atoms with Gasteiger partial charge in [0.25, 0.3) is 0 Å². The first-order valence-corrected chi connectivity index (χ1v) is 9.57. The van der Waals surface area contributed by atoms with Crippen molar-refractivity contribution in [2.75, 3.05) is 20.1 Å². The van der Waals surface area contributed by atoms with Gasteiger partial charge in [-0.2, -0.15) is 5.10 Å². The molecule has 1 heterocycles. The number of nitrogens with one attached hydrogen (secondary N) is 2. The Balaban J connectivity index is 1.68. The maximum atomic E-state index is 11.2. The van der Waals surface area contributed by atoms with Crippen LogP contribution in [-0.4, -0.2) is 44.3 Å². The Bertz CT molecular complexity index is 769. The van der Waals surface area contributed by atoms with E-state index in [4.69, 9.17) is 5.14 Å². The molecule has 136 valence electrons. The number of rotatable bonds is 8. The van der Waals surface area contributed by atoms with Crippen molar-refractivity contribution in [3.8, 4) is 0 Å². The van der Waals surface area contributed by atoms with Crippen molar-refractivity contribution >= 4 is 16.0 Å². The van der Waals surface area contributed by atoms with E-state index in [1.54, 1.807) is 25.4 Å². The lowest BCUT2D eigenvalue weighted by Gasteiger charge is -2.12. The predicted octanol–water partition coefficient (Wildman–Crippen LogP) is 0.328. The number of nitrogens with zero attached hydrogens (tertiary/aromatic N) is 3. The van der Waals surface area contributed by atoms with E-state index >= 15 is 0 Å². The molecular weight excluding hydrogens is 340 g/mol. The lowest BCUT2D eigenvalue weighted by molar-refractivity contribution is 0.570. The third-order valence-corrected chi connectivity index (χ3v) is 4.53. The highest BCUT2D eigenvalue weighted by molar-refractivity contribution is 7.89. The van der Waals surface area contributed by atoms with E-state index in [2.05, 4.69) is 20.7 Å². The molecule has 2 aromatic rings. The summed E-state index contributed by atoms with van der Waals surface area (Å²) >= 11 is 0. The Hall–Kier alpha value is -2.39. The molecule has 2 rings (SSSR count). The molecule has 0 amide bonds. The predicted molar refractivity (Wildman–Crippen MR) is 97.7 cm³/mol. The molecule has 9 heteroatoms. The van der Waals surface area contributed by atoms with Gasteiger partial charge in [0.15, 0.2) is 5.96 Å². The number of primary sulfonamides is 1. The minimum Gasteiger partial charge on any atom is -0.356 e. The van der Waals surface area contributed by atoms with Crippen LogP contribution in [0.2, 0.25) is 0 Å². The Kier molecular flexibility index (Phi) is 6.96. The van der Waals surface area contributed by atoms with Crippen LogP contribution in [0, 0.1) is 0 Å². The van der Waals surface area contributed by atoms with Gasteiger partial charge in [0.05, 0.1) is 4.90 Å². The van der Waals surface area contributed by atoms with Gasteiger partial charge in [0.1, 0.15) is 0 Å². The second-order valence-electron chi connectivity index (χ2n) is 5.49. The normalized spacial score (nSPS) is 12.2. The van der Waals surface area contributed by atoms with Crippen LogP contribution in [0.25, 0.3) is 0 Å². The number of aromatic nitrogens is 2. The van der Waals surface area contributed by atoms with E-state index in [0.29, 0.717) is 6.54 Å². The van der Waals surface area contributed by atoms with E-state index in [0.717, 1.165) is 37.5 Å². The molecule has 0 aliphatic carbocycles. The Morgan fingerprint density at radius 3 is 2.56 bits per heavy atom. The lowest BCUT2D eigenvalue weighted by atomic mass is 10.1. The zero-order chi connectivity index (χ0) is 18.1. The first kappa shape index (κ1) is 18.9. The van der Waals surface area contributed by atoms with Crippen LogP contribution in [-0.2, 0) is 23.0 Å². The molecule has 25 heavy (non-hydrogen) atoms. The first-order chi connectivity index (χ1) is 12.0. The van der Waals surface area contributed by atoms with Gasteiger partial charge in [0, 0.05) is 39.1 Å². The number of benzene rings is 1. The quantitative estimate of drug-likeness (QED) is 0.355. The highest BCUT2D eigenvalue weighted by Crippen LogP contribution is 2.08. The monoisotopic (exact) mass is 364 g/mol. The largest absolute Gasteiger partial charge is 0.356 e. The molecule has 0 spiro atoms. The SMILES string of the molecule is CN=C(NCCCn1cccn1)NCCc1ccc(S(N)(=O)=O)cc1. The summed E-state index contributed by atoms with van der Waals surface area (Å²) < 4.78 is 24.3. The van der Waals surface area contributed by atoms with Gasteiger partial charge in [-0.3, -0.25) is 9.67 Å². The Labute approximate surface area is 148 Å². The van der Waals surface area contributed by atoms with E-state index in [1.165, 1.54) is 12.1 Å². The molecule has 4 N–H and O–H groups in total. The smallest absolute Gasteiger partial charge is 0.238 e. The summed E-state index contributed by atoms with van der Waals surface area (Å²) in [7, 11) is -1.91. The van der Waals surface area contributed by atoms with Crippen LogP contribution in [0.1, 0.15) is 12.0 Å². The van der Waals surface area contributed by atoms with E-state index in [-0.39, 0.29) is 4.90 Å². The van der Waals surface area contributed by atoms with Crippen molar-refractivity contribution in [1.82, 2.24) is 20.4 Å². The molecule has 0 aliphatic heterocycles. The number of nitrogens with two attached hydrogens (primary N) is 1. The molecule has 0 bridgehead atoms. The molecule has 0 fully saturated rings. The third-order valence-electron chi connectivity index (χ3n) is 3.60. The summed E-state index contributed by atoms with van der Waals surface area (Å²) in [5.74, 6) is 0.738. The van der Waals surface area contributed by atoms with Crippen molar-refractivity contribution in [2.45, 2.75) is 24.3 Å². The fourth-order valence-electron chi connectivity index (χ4n) is 2.27. The van der Waals surface area contributed by atoms with E-state index in [1.807, 2.05) is 16.9 Å². The molecule has 1 aromatic heterocycles. The topological polar surface area (TPSA) is 114 Å². The highest BCUT2D eigenvalue weighted by atomic mass is 32.2. The number of hydrogen-bond acceptors (Lipinski definition) is 4. The maximum Gasteiger partial charge on any atom is 0.238 e. The minimum absolute atomic E-state index is 0.124. The third kappa shape index (κ3) is 6.55. The summed E-state index contributed by atoms with van der Waals surface area (Å²) in [6.45, 7) is 2.34. The second kappa shape index (κ2) is 9.19. The molecule has 0 saturated heterocycles. The van der Waals surface area contributed by atoms with Gasteiger partial charge < -0.3 is 10.6 Å². The Morgan fingerprint density at radius 2 is 1.96 bits per heavy atom. The fraction of sp³-hybridized carbons (Fsp3) is 0.375. The molecule has 0 aliphatic rings. The average molecular weight is 364 g/mol. The molecule has 0 radical (unpaired) electrons. The highest BCUT2D eigenvalue weighted by Gasteiger charge is 2.06. The van der Waals surface area contributed by atoms with Gasteiger partial charge >= 0.3 is 0 Å². The minimum atomic E-state index is -3.64. The van der Waals surface area contributed by atoms with Gasteiger partial charge in [-0.15, -0.1) is 0 Å². The average Bonchev–Trinajstić information content (AvgIpc) is 3.10. The summed E-state index contributed by atoms with van der Waals surface area (Å²) in [5.41, 5.74) is 1.02. The van der Waals surface area contributed by atoms with Crippen LogP contribution < -0.4 is 15.8 Å². The van der Waals surface area contributed by atoms with Crippen molar-refractivity contribution in [2.24, 2.45) is 10.1 Å². The van der Waals surface area contributed by atoms with Gasteiger partial charge in [-0.1, -0.05) is 12.1 Å².